The Hall–Kier alpha value is -0.580. The SMILES string of the molecule is CC(C)CN(CCN)CCOc1cccc(Br)c1. The predicted molar refractivity (Wildman–Crippen MR) is 80.0 cm³/mol. The van der Waals surface area contributed by atoms with Gasteiger partial charge in [0, 0.05) is 30.7 Å². The Bertz CT molecular complexity index is 344. The second-order valence-electron chi connectivity index (χ2n) is 4.79. The topological polar surface area (TPSA) is 38.5 Å². The first-order valence-electron chi connectivity index (χ1n) is 6.42. The van der Waals surface area contributed by atoms with Gasteiger partial charge in [-0.15, -0.1) is 0 Å². The van der Waals surface area contributed by atoms with E-state index in [4.69, 9.17) is 10.5 Å². The van der Waals surface area contributed by atoms with Gasteiger partial charge in [-0.2, -0.15) is 0 Å². The fourth-order valence-electron chi connectivity index (χ4n) is 1.84. The molecule has 0 fully saturated rings. The second kappa shape index (κ2) is 8.51. The lowest BCUT2D eigenvalue weighted by molar-refractivity contribution is 0.196. The van der Waals surface area contributed by atoms with Gasteiger partial charge >= 0.3 is 0 Å². The van der Waals surface area contributed by atoms with E-state index in [0.717, 1.165) is 29.9 Å². The van der Waals surface area contributed by atoms with Crippen molar-refractivity contribution in [3.63, 3.8) is 0 Å². The fourth-order valence-corrected chi connectivity index (χ4v) is 2.22. The number of rotatable bonds is 8. The summed E-state index contributed by atoms with van der Waals surface area (Å²) in [6.07, 6.45) is 0. The Kier molecular flexibility index (Phi) is 7.32. The number of hydrogen-bond acceptors (Lipinski definition) is 3. The van der Waals surface area contributed by atoms with E-state index in [1.807, 2.05) is 24.3 Å². The van der Waals surface area contributed by atoms with Gasteiger partial charge in [-0.1, -0.05) is 35.8 Å². The molecule has 0 saturated heterocycles. The summed E-state index contributed by atoms with van der Waals surface area (Å²) in [6.45, 7) is 8.76. The molecule has 2 N–H and O–H groups in total. The molecular weight excluding hydrogens is 292 g/mol. The molecule has 4 heteroatoms. The van der Waals surface area contributed by atoms with E-state index in [9.17, 15) is 0 Å². The van der Waals surface area contributed by atoms with Crippen molar-refractivity contribution in [2.75, 3.05) is 32.8 Å². The normalized spacial score (nSPS) is 11.2. The lowest BCUT2D eigenvalue weighted by atomic mass is 10.2. The third kappa shape index (κ3) is 6.38. The molecule has 0 aliphatic carbocycles. The van der Waals surface area contributed by atoms with Crippen LogP contribution in [0.3, 0.4) is 0 Å². The highest BCUT2D eigenvalue weighted by atomic mass is 79.9. The zero-order valence-corrected chi connectivity index (χ0v) is 12.8. The van der Waals surface area contributed by atoms with Crippen molar-refractivity contribution < 1.29 is 4.74 Å². The lowest BCUT2D eigenvalue weighted by Gasteiger charge is -2.23. The third-order valence-electron chi connectivity index (χ3n) is 2.54. The standard InChI is InChI=1S/C14H23BrN2O/c1-12(2)11-17(7-6-16)8-9-18-14-5-3-4-13(15)10-14/h3-5,10,12H,6-9,11,16H2,1-2H3. The van der Waals surface area contributed by atoms with Crippen LogP contribution in [-0.2, 0) is 0 Å². The van der Waals surface area contributed by atoms with E-state index in [2.05, 4.69) is 34.7 Å². The molecular formula is C14H23BrN2O. The van der Waals surface area contributed by atoms with Gasteiger partial charge in [0.1, 0.15) is 12.4 Å². The summed E-state index contributed by atoms with van der Waals surface area (Å²) < 4.78 is 6.78. The van der Waals surface area contributed by atoms with Gasteiger partial charge in [-0.25, -0.2) is 0 Å². The van der Waals surface area contributed by atoms with Gasteiger partial charge in [-0.3, -0.25) is 4.90 Å². The van der Waals surface area contributed by atoms with Crippen molar-refractivity contribution in [1.82, 2.24) is 4.90 Å². The minimum absolute atomic E-state index is 0.655. The van der Waals surface area contributed by atoms with E-state index in [-0.39, 0.29) is 0 Å². The maximum absolute atomic E-state index is 5.73. The van der Waals surface area contributed by atoms with Crippen molar-refractivity contribution in [3.8, 4) is 5.75 Å². The van der Waals surface area contributed by atoms with Gasteiger partial charge in [0.25, 0.3) is 0 Å². The van der Waals surface area contributed by atoms with Crippen LogP contribution in [0.4, 0.5) is 0 Å². The lowest BCUT2D eigenvalue weighted by Crippen LogP contribution is -2.35. The number of ether oxygens (including phenoxy) is 1. The largest absolute Gasteiger partial charge is 0.492 e. The van der Waals surface area contributed by atoms with E-state index >= 15 is 0 Å². The summed E-state index contributed by atoms with van der Waals surface area (Å²) >= 11 is 3.43. The van der Waals surface area contributed by atoms with Crippen molar-refractivity contribution in [1.29, 1.82) is 0 Å². The Morgan fingerprint density at radius 1 is 1.33 bits per heavy atom. The summed E-state index contributed by atoms with van der Waals surface area (Å²) in [7, 11) is 0. The van der Waals surface area contributed by atoms with E-state index in [1.54, 1.807) is 0 Å². The molecule has 0 unspecified atom stereocenters. The Morgan fingerprint density at radius 2 is 2.11 bits per heavy atom. The molecule has 1 aromatic carbocycles. The maximum Gasteiger partial charge on any atom is 0.120 e. The molecule has 0 atom stereocenters. The third-order valence-corrected chi connectivity index (χ3v) is 3.03. The van der Waals surface area contributed by atoms with Crippen LogP contribution in [0.2, 0.25) is 0 Å². The molecule has 0 radical (unpaired) electrons. The molecule has 0 aliphatic heterocycles. The quantitative estimate of drug-likeness (QED) is 0.802. The van der Waals surface area contributed by atoms with E-state index in [1.165, 1.54) is 0 Å². The van der Waals surface area contributed by atoms with E-state index < -0.39 is 0 Å². The van der Waals surface area contributed by atoms with Crippen LogP contribution in [0.1, 0.15) is 13.8 Å². The van der Waals surface area contributed by atoms with Crippen molar-refractivity contribution >= 4 is 15.9 Å². The van der Waals surface area contributed by atoms with Crippen molar-refractivity contribution in [2.45, 2.75) is 13.8 Å². The summed E-state index contributed by atoms with van der Waals surface area (Å²) in [6, 6.07) is 7.92. The summed E-state index contributed by atoms with van der Waals surface area (Å²) in [5.74, 6) is 1.56. The minimum atomic E-state index is 0.655. The molecule has 1 rings (SSSR count). The first-order valence-corrected chi connectivity index (χ1v) is 7.22. The molecule has 102 valence electrons. The summed E-state index contributed by atoms with van der Waals surface area (Å²) in [4.78, 5) is 2.35. The van der Waals surface area contributed by atoms with Crippen LogP contribution in [0.5, 0.6) is 5.75 Å². The zero-order valence-electron chi connectivity index (χ0n) is 11.2. The Balaban J connectivity index is 2.33. The number of halogens is 1. The number of benzene rings is 1. The van der Waals surface area contributed by atoms with Crippen LogP contribution in [0.25, 0.3) is 0 Å². The fraction of sp³-hybridized carbons (Fsp3) is 0.571. The molecule has 0 bridgehead atoms. The highest BCUT2D eigenvalue weighted by molar-refractivity contribution is 9.10. The first-order chi connectivity index (χ1) is 8.61. The van der Waals surface area contributed by atoms with Gasteiger partial charge in [-0.05, 0) is 24.1 Å². The van der Waals surface area contributed by atoms with Crippen LogP contribution in [-0.4, -0.2) is 37.7 Å². The van der Waals surface area contributed by atoms with Gasteiger partial charge in [0.2, 0.25) is 0 Å². The molecule has 18 heavy (non-hydrogen) atoms. The van der Waals surface area contributed by atoms with Crippen LogP contribution < -0.4 is 10.5 Å². The average Bonchev–Trinajstić information content (AvgIpc) is 2.28. The van der Waals surface area contributed by atoms with Crippen molar-refractivity contribution in [2.24, 2.45) is 11.7 Å². The number of nitrogens with two attached hydrogens (primary N) is 1. The first kappa shape index (κ1) is 15.5. The van der Waals surface area contributed by atoms with Crippen LogP contribution in [0.15, 0.2) is 28.7 Å². The van der Waals surface area contributed by atoms with Crippen LogP contribution in [0, 0.1) is 5.92 Å². The maximum atomic E-state index is 5.73. The highest BCUT2D eigenvalue weighted by Gasteiger charge is 2.06. The molecule has 1 aromatic rings. The van der Waals surface area contributed by atoms with Crippen molar-refractivity contribution in [3.05, 3.63) is 28.7 Å². The molecule has 0 heterocycles. The van der Waals surface area contributed by atoms with Crippen LogP contribution >= 0.6 is 15.9 Å². The summed E-state index contributed by atoms with van der Waals surface area (Å²) in [5, 5.41) is 0. The molecule has 0 amide bonds. The molecule has 0 saturated carbocycles. The average molecular weight is 315 g/mol. The molecule has 0 aliphatic rings. The van der Waals surface area contributed by atoms with E-state index in [0.29, 0.717) is 19.1 Å². The number of nitrogens with zero attached hydrogens (tertiary/aromatic N) is 1. The molecule has 0 spiro atoms. The molecule has 0 aromatic heterocycles. The minimum Gasteiger partial charge on any atom is -0.492 e. The Labute approximate surface area is 118 Å². The highest BCUT2D eigenvalue weighted by Crippen LogP contribution is 2.17. The van der Waals surface area contributed by atoms with Gasteiger partial charge < -0.3 is 10.5 Å². The predicted octanol–water partition coefficient (Wildman–Crippen LogP) is 2.74. The van der Waals surface area contributed by atoms with Gasteiger partial charge in [0.15, 0.2) is 0 Å². The monoisotopic (exact) mass is 314 g/mol. The molecule has 3 nitrogen and oxygen atoms in total. The van der Waals surface area contributed by atoms with Gasteiger partial charge in [0.05, 0.1) is 0 Å². The summed E-state index contributed by atoms with van der Waals surface area (Å²) in [5.41, 5.74) is 5.62. The smallest absolute Gasteiger partial charge is 0.120 e. The second-order valence-corrected chi connectivity index (χ2v) is 5.70. The Morgan fingerprint density at radius 3 is 2.72 bits per heavy atom. The zero-order chi connectivity index (χ0) is 13.4. The number of hydrogen-bond donors (Lipinski definition) is 1.